The van der Waals surface area contributed by atoms with Gasteiger partial charge in [-0.1, -0.05) is 42.5 Å². The van der Waals surface area contributed by atoms with Crippen LogP contribution in [-0.4, -0.2) is 36.5 Å². The molecule has 178 valence electrons. The van der Waals surface area contributed by atoms with Crippen molar-refractivity contribution in [2.45, 2.75) is 25.4 Å². The zero-order chi connectivity index (χ0) is 24.0. The van der Waals surface area contributed by atoms with Crippen molar-refractivity contribution in [3.63, 3.8) is 0 Å². The van der Waals surface area contributed by atoms with Crippen LogP contribution in [0.2, 0.25) is 0 Å². The van der Waals surface area contributed by atoms with E-state index in [4.69, 9.17) is 9.15 Å². The molecule has 1 fully saturated rings. The second-order valence-corrected chi connectivity index (χ2v) is 8.89. The number of amides is 1. The molecule has 1 aliphatic rings. The van der Waals surface area contributed by atoms with E-state index in [1.165, 1.54) is 11.6 Å². The van der Waals surface area contributed by atoms with Gasteiger partial charge >= 0.3 is 0 Å². The molecule has 0 spiro atoms. The molecule has 3 aromatic carbocycles. The minimum atomic E-state index is -0.115. The van der Waals surface area contributed by atoms with E-state index >= 15 is 0 Å². The van der Waals surface area contributed by atoms with Crippen LogP contribution in [0.25, 0.3) is 22.3 Å². The number of fused-ring (bicyclic) bond motifs is 1. The van der Waals surface area contributed by atoms with Gasteiger partial charge in [0.05, 0.1) is 5.39 Å². The molecule has 0 saturated carbocycles. The number of hydrogen-bond donors (Lipinski definition) is 1. The molecule has 2 heterocycles. The summed E-state index contributed by atoms with van der Waals surface area (Å²) in [5.74, 6) is 0.970. The lowest BCUT2D eigenvalue weighted by Crippen LogP contribution is -2.45. The Kier molecular flexibility index (Phi) is 6.91. The highest BCUT2D eigenvalue weighted by Crippen LogP contribution is 2.24. The highest BCUT2D eigenvalue weighted by atomic mass is 16.5. The summed E-state index contributed by atoms with van der Waals surface area (Å²) in [7, 11) is 0. The first-order chi connectivity index (χ1) is 17.1. The molecule has 5 rings (SSSR count). The number of para-hydroxylation sites is 1. The molecule has 4 aromatic rings. The molecule has 1 saturated heterocycles. The SMILES string of the molecule is O=C(COc1ccc(-c2cc(=O)c3ccccc3o2)cc1)NC1CCN(Cc2ccccc2)CC1. The molecule has 1 aromatic heterocycles. The molecule has 35 heavy (non-hydrogen) atoms. The van der Waals surface area contributed by atoms with Gasteiger partial charge in [0, 0.05) is 37.3 Å². The maximum atomic E-state index is 12.4. The van der Waals surface area contributed by atoms with Crippen molar-refractivity contribution in [3.05, 3.63) is 101 Å². The number of nitrogens with zero attached hydrogens (tertiary/aromatic N) is 1. The van der Waals surface area contributed by atoms with Gasteiger partial charge in [-0.3, -0.25) is 14.5 Å². The third kappa shape index (κ3) is 5.78. The highest BCUT2D eigenvalue weighted by molar-refractivity contribution is 5.79. The molecular formula is C29H28N2O4. The van der Waals surface area contributed by atoms with Crippen molar-refractivity contribution in [3.8, 4) is 17.1 Å². The Morgan fingerprint density at radius 3 is 2.43 bits per heavy atom. The summed E-state index contributed by atoms with van der Waals surface area (Å²) < 4.78 is 11.6. The smallest absolute Gasteiger partial charge is 0.258 e. The number of carbonyl (C=O) groups excluding carboxylic acids is 1. The van der Waals surface area contributed by atoms with Gasteiger partial charge < -0.3 is 14.5 Å². The second-order valence-electron chi connectivity index (χ2n) is 8.89. The summed E-state index contributed by atoms with van der Waals surface area (Å²) in [5, 5.41) is 3.65. The highest BCUT2D eigenvalue weighted by Gasteiger charge is 2.21. The first-order valence-electron chi connectivity index (χ1n) is 12.0. The predicted molar refractivity (Wildman–Crippen MR) is 136 cm³/mol. The van der Waals surface area contributed by atoms with E-state index in [2.05, 4.69) is 34.5 Å². The van der Waals surface area contributed by atoms with Gasteiger partial charge in [0.25, 0.3) is 5.91 Å². The molecule has 0 aliphatic carbocycles. The average molecular weight is 469 g/mol. The Hall–Kier alpha value is -3.90. The van der Waals surface area contributed by atoms with E-state index in [1.54, 1.807) is 24.3 Å². The molecule has 6 nitrogen and oxygen atoms in total. The van der Waals surface area contributed by atoms with Crippen molar-refractivity contribution in [2.24, 2.45) is 0 Å². The van der Waals surface area contributed by atoms with E-state index in [0.717, 1.165) is 38.0 Å². The van der Waals surface area contributed by atoms with Crippen molar-refractivity contribution >= 4 is 16.9 Å². The standard InChI is InChI=1S/C29H28N2O4/c32-26-18-28(35-27-9-5-4-8-25(26)27)22-10-12-24(13-11-22)34-20-29(33)30-23-14-16-31(17-15-23)19-21-6-2-1-3-7-21/h1-13,18,23H,14-17,19-20H2,(H,30,33). The molecule has 1 aliphatic heterocycles. The van der Waals surface area contributed by atoms with Crippen LogP contribution < -0.4 is 15.5 Å². The van der Waals surface area contributed by atoms with Crippen LogP contribution in [-0.2, 0) is 11.3 Å². The summed E-state index contributed by atoms with van der Waals surface area (Å²) in [4.78, 5) is 27.2. The summed E-state index contributed by atoms with van der Waals surface area (Å²) in [6, 6.07) is 26.5. The van der Waals surface area contributed by atoms with Gasteiger partial charge in [0.1, 0.15) is 17.1 Å². The minimum absolute atomic E-state index is 0.0331. The topological polar surface area (TPSA) is 71.8 Å². The number of rotatable bonds is 7. The first-order valence-corrected chi connectivity index (χ1v) is 12.0. The zero-order valence-electron chi connectivity index (χ0n) is 19.5. The lowest BCUT2D eigenvalue weighted by molar-refractivity contribution is -0.124. The van der Waals surface area contributed by atoms with Crippen molar-refractivity contribution in [2.75, 3.05) is 19.7 Å². The van der Waals surface area contributed by atoms with Crippen LogP contribution in [0.1, 0.15) is 18.4 Å². The van der Waals surface area contributed by atoms with E-state index in [0.29, 0.717) is 22.5 Å². The quantitative estimate of drug-likeness (QED) is 0.429. The number of ether oxygens (including phenoxy) is 1. The fraction of sp³-hybridized carbons (Fsp3) is 0.241. The Morgan fingerprint density at radius 1 is 0.943 bits per heavy atom. The lowest BCUT2D eigenvalue weighted by atomic mass is 10.0. The van der Waals surface area contributed by atoms with Gasteiger partial charge in [0.2, 0.25) is 0 Å². The summed E-state index contributed by atoms with van der Waals surface area (Å²) >= 11 is 0. The van der Waals surface area contributed by atoms with Crippen molar-refractivity contribution in [1.29, 1.82) is 0 Å². The van der Waals surface area contributed by atoms with Gasteiger partial charge in [-0.15, -0.1) is 0 Å². The third-order valence-electron chi connectivity index (χ3n) is 6.35. The number of hydrogen-bond acceptors (Lipinski definition) is 5. The average Bonchev–Trinajstić information content (AvgIpc) is 2.89. The van der Waals surface area contributed by atoms with Gasteiger partial charge in [0.15, 0.2) is 12.0 Å². The number of likely N-dealkylation sites (tertiary alicyclic amines) is 1. The Balaban J connectivity index is 1.10. The molecule has 1 amide bonds. The number of nitrogens with one attached hydrogen (secondary N) is 1. The van der Waals surface area contributed by atoms with Crippen LogP contribution in [0.5, 0.6) is 5.75 Å². The van der Waals surface area contributed by atoms with E-state index in [9.17, 15) is 9.59 Å². The number of carbonyl (C=O) groups is 1. The molecule has 1 N–H and O–H groups in total. The second kappa shape index (κ2) is 10.6. The molecule has 0 bridgehead atoms. The van der Waals surface area contributed by atoms with Crippen LogP contribution in [0.4, 0.5) is 0 Å². The predicted octanol–water partition coefficient (Wildman–Crippen LogP) is 4.62. The third-order valence-corrected chi connectivity index (χ3v) is 6.35. The van der Waals surface area contributed by atoms with E-state index in [-0.39, 0.29) is 24.0 Å². The normalized spacial score (nSPS) is 14.6. The molecular weight excluding hydrogens is 440 g/mol. The van der Waals surface area contributed by atoms with Crippen LogP contribution in [0.3, 0.4) is 0 Å². The Bertz CT molecular complexity index is 1340. The maximum Gasteiger partial charge on any atom is 0.258 e. The largest absolute Gasteiger partial charge is 0.484 e. The zero-order valence-corrected chi connectivity index (χ0v) is 19.5. The summed E-state index contributed by atoms with van der Waals surface area (Å²) in [5.41, 5.74) is 2.56. The minimum Gasteiger partial charge on any atom is -0.484 e. The van der Waals surface area contributed by atoms with Crippen LogP contribution >= 0.6 is 0 Å². The van der Waals surface area contributed by atoms with Gasteiger partial charge in [-0.05, 0) is 54.8 Å². The monoisotopic (exact) mass is 468 g/mol. The summed E-state index contributed by atoms with van der Waals surface area (Å²) in [6.45, 7) is 2.85. The first kappa shape index (κ1) is 22.9. The number of benzene rings is 3. The van der Waals surface area contributed by atoms with E-state index < -0.39 is 0 Å². The van der Waals surface area contributed by atoms with Crippen molar-refractivity contribution < 1.29 is 13.9 Å². The molecule has 0 radical (unpaired) electrons. The van der Waals surface area contributed by atoms with Crippen molar-refractivity contribution in [1.82, 2.24) is 10.2 Å². The number of piperidine rings is 1. The maximum absolute atomic E-state index is 12.4. The van der Waals surface area contributed by atoms with Gasteiger partial charge in [-0.25, -0.2) is 0 Å². The summed E-state index contributed by atoms with van der Waals surface area (Å²) in [6.07, 6.45) is 1.87. The van der Waals surface area contributed by atoms with Gasteiger partial charge in [-0.2, -0.15) is 0 Å². The Labute approximate surface area is 204 Å². The van der Waals surface area contributed by atoms with Crippen LogP contribution in [0.15, 0.2) is 94.1 Å². The van der Waals surface area contributed by atoms with Crippen LogP contribution in [0, 0.1) is 0 Å². The van der Waals surface area contributed by atoms with E-state index in [1.807, 2.05) is 30.3 Å². The fourth-order valence-corrected chi connectivity index (χ4v) is 4.46. The fourth-order valence-electron chi connectivity index (χ4n) is 4.46. The lowest BCUT2D eigenvalue weighted by Gasteiger charge is -2.32. The molecule has 0 atom stereocenters. The molecule has 0 unspecified atom stereocenters. The molecule has 6 heteroatoms. The Morgan fingerprint density at radius 2 is 1.66 bits per heavy atom.